The van der Waals surface area contributed by atoms with Gasteiger partial charge in [0.25, 0.3) is 0 Å². The Hall–Kier alpha value is -2.38. The average molecular weight is 439 g/mol. The van der Waals surface area contributed by atoms with Gasteiger partial charge in [-0.15, -0.1) is 0 Å². The van der Waals surface area contributed by atoms with Gasteiger partial charge in [-0.25, -0.2) is 4.79 Å². The summed E-state index contributed by atoms with van der Waals surface area (Å²) in [6, 6.07) is 10.3. The van der Waals surface area contributed by atoms with Crippen molar-refractivity contribution in [2.45, 2.75) is 56.7 Å². The number of ether oxygens (including phenoxy) is 1. The zero-order valence-corrected chi connectivity index (χ0v) is 18.9. The first-order valence-electron chi connectivity index (χ1n) is 11.2. The van der Waals surface area contributed by atoms with Gasteiger partial charge >= 0.3 is 6.03 Å². The third-order valence-electron chi connectivity index (χ3n) is 6.78. The summed E-state index contributed by atoms with van der Waals surface area (Å²) >= 11 is 1.73. The molecule has 164 valence electrons. The Morgan fingerprint density at radius 2 is 2.13 bits per heavy atom. The molecule has 2 aliphatic heterocycles. The molecular weight excluding hydrogens is 408 g/mol. The zero-order chi connectivity index (χ0) is 21.3. The Balaban J connectivity index is 1.53. The maximum atomic E-state index is 13.3. The highest BCUT2D eigenvalue weighted by molar-refractivity contribution is 7.07. The summed E-state index contributed by atoms with van der Waals surface area (Å²) in [4.78, 5) is 22.9. The number of urea groups is 1. The Kier molecular flexibility index (Phi) is 5.71. The molecule has 2 amide bonds. The maximum absolute atomic E-state index is 13.3. The number of carbonyl (C=O) groups is 1. The van der Waals surface area contributed by atoms with E-state index in [-0.39, 0.29) is 6.03 Å². The van der Waals surface area contributed by atoms with Crippen LogP contribution in [0.2, 0.25) is 0 Å². The van der Waals surface area contributed by atoms with E-state index in [2.05, 4.69) is 27.0 Å². The fourth-order valence-electron chi connectivity index (χ4n) is 5.33. The van der Waals surface area contributed by atoms with Crippen molar-refractivity contribution in [3.63, 3.8) is 0 Å². The van der Waals surface area contributed by atoms with Crippen molar-refractivity contribution in [1.82, 2.24) is 10.2 Å². The highest BCUT2D eigenvalue weighted by Crippen LogP contribution is 2.39. The minimum absolute atomic E-state index is 0.0811. The number of anilines is 1. The first-order chi connectivity index (χ1) is 15.2. The van der Waals surface area contributed by atoms with Gasteiger partial charge in [-0.1, -0.05) is 18.9 Å². The summed E-state index contributed by atoms with van der Waals surface area (Å²) in [5.74, 6) is 1.62. The number of rotatable bonds is 5. The highest BCUT2D eigenvalue weighted by Gasteiger charge is 2.53. The van der Waals surface area contributed by atoms with Crippen molar-refractivity contribution in [3.8, 4) is 5.75 Å². The molecule has 3 fully saturated rings. The zero-order valence-electron chi connectivity index (χ0n) is 18.0. The number of amides is 2. The van der Waals surface area contributed by atoms with Crippen LogP contribution in [-0.2, 0) is 6.54 Å². The van der Waals surface area contributed by atoms with E-state index in [1.807, 2.05) is 29.2 Å². The van der Waals surface area contributed by atoms with Crippen LogP contribution in [0, 0.1) is 0 Å². The summed E-state index contributed by atoms with van der Waals surface area (Å²) in [5.41, 5.74) is 1.74. The smallest absolute Gasteiger partial charge is 0.328 e. The number of piperidine rings is 1. The van der Waals surface area contributed by atoms with Crippen molar-refractivity contribution in [2.75, 3.05) is 25.1 Å². The van der Waals surface area contributed by atoms with Gasteiger partial charge in [0, 0.05) is 19.2 Å². The van der Waals surface area contributed by atoms with E-state index < -0.39 is 5.54 Å². The topological polar surface area (TPSA) is 57.2 Å². The number of hydrogen-bond acceptors (Lipinski definition) is 5. The first kappa shape index (κ1) is 20.5. The van der Waals surface area contributed by atoms with Gasteiger partial charge in [-0.05, 0) is 66.8 Å². The van der Waals surface area contributed by atoms with E-state index in [0.717, 1.165) is 62.6 Å². The lowest BCUT2D eigenvalue weighted by Crippen LogP contribution is -2.60. The van der Waals surface area contributed by atoms with E-state index in [0.29, 0.717) is 6.04 Å². The molecule has 1 spiro atoms. The summed E-state index contributed by atoms with van der Waals surface area (Å²) in [7, 11) is 1.66. The Labute approximate surface area is 187 Å². The Morgan fingerprint density at radius 1 is 1.26 bits per heavy atom. The number of likely N-dealkylation sites (tertiary alicyclic amines) is 1. The quantitative estimate of drug-likeness (QED) is 0.739. The number of hydrogen-bond donors (Lipinski definition) is 1. The van der Waals surface area contributed by atoms with Crippen molar-refractivity contribution >= 4 is 28.9 Å². The second-order valence-corrected chi connectivity index (χ2v) is 9.64. The molecule has 6 nitrogen and oxygen atoms in total. The van der Waals surface area contributed by atoms with Crippen LogP contribution in [0.5, 0.6) is 5.75 Å². The second kappa shape index (κ2) is 8.63. The van der Waals surface area contributed by atoms with Crippen LogP contribution < -0.4 is 15.0 Å². The van der Waals surface area contributed by atoms with Crippen LogP contribution in [0.4, 0.5) is 10.5 Å². The highest BCUT2D eigenvalue weighted by atomic mass is 32.1. The molecule has 2 aromatic rings. The monoisotopic (exact) mass is 438 g/mol. The van der Waals surface area contributed by atoms with Crippen molar-refractivity contribution in [3.05, 3.63) is 46.7 Å². The third kappa shape index (κ3) is 3.96. The minimum Gasteiger partial charge on any atom is -0.497 e. The van der Waals surface area contributed by atoms with Gasteiger partial charge in [0.1, 0.15) is 17.1 Å². The van der Waals surface area contributed by atoms with E-state index in [9.17, 15) is 4.79 Å². The lowest BCUT2D eigenvalue weighted by molar-refractivity contribution is 0.176. The number of nitrogens with one attached hydrogen (secondary N) is 1. The van der Waals surface area contributed by atoms with Gasteiger partial charge in [-0.2, -0.15) is 11.3 Å². The number of carbonyl (C=O) groups excluding carboxylic acids is 1. The minimum atomic E-state index is -0.458. The van der Waals surface area contributed by atoms with Crippen LogP contribution >= 0.6 is 11.3 Å². The van der Waals surface area contributed by atoms with Crippen LogP contribution in [0.3, 0.4) is 0 Å². The number of methoxy groups -OCH3 is 1. The molecule has 1 saturated carbocycles. The molecule has 2 saturated heterocycles. The third-order valence-corrected chi connectivity index (χ3v) is 7.51. The lowest BCUT2D eigenvalue weighted by atomic mass is 9.86. The van der Waals surface area contributed by atoms with E-state index >= 15 is 0 Å². The molecule has 1 atom stereocenters. The standard InChI is InChI=1S/C24H30N4O2S/c1-30-21-9-4-8-20(14-21)28-23(29)26-22(25-19-6-2-3-7-19)24(28)11-5-12-27(17-24)15-18-10-13-31-16-18/h4,8-10,13-14,16,19H,2-3,5-7,11-12,15,17H2,1H3,(H,25,26,29). The number of nitrogens with zero attached hydrogens (tertiary/aromatic N) is 3. The number of thiophene rings is 1. The first-order valence-corrected chi connectivity index (χ1v) is 12.2. The molecule has 0 bridgehead atoms. The van der Waals surface area contributed by atoms with Crippen LogP contribution in [-0.4, -0.2) is 48.5 Å². The van der Waals surface area contributed by atoms with Crippen LogP contribution in [0.15, 0.2) is 46.1 Å². The van der Waals surface area contributed by atoms with Crippen molar-refractivity contribution < 1.29 is 9.53 Å². The molecule has 1 aromatic heterocycles. The second-order valence-electron chi connectivity index (χ2n) is 8.86. The largest absolute Gasteiger partial charge is 0.497 e. The van der Waals surface area contributed by atoms with Crippen LogP contribution in [0.25, 0.3) is 0 Å². The molecule has 5 rings (SSSR count). The summed E-state index contributed by atoms with van der Waals surface area (Å²) in [6.45, 7) is 2.72. The predicted octanol–water partition coefficient (Wildman–Crippen LogP) is 4.66. The van der Waals surface area contributed by atoms with Gasteiger partial charge in [0.15, 0.2) is 0 Å². The molecule has 31 heavy (non-hydrogen) atoms. The number of benzene rings is 1. The Morgan fingerprint density at radius 3 is 2.90 bits per heavy atom. The fraction of sp³-hybridized carbons (Fsp3) is 0.500. The molecule has 7 heteroatoms. The lowest BCUT2D eigenvalue weighted by Gasteiger charge is -2.44. The van der Waals surface area contributed by atoms with Gasteiger partial charge in [0.05, 0.1) is 18.8 Å². The summed E-state index contributed by atoms with van der Waals surface area (Å²) < 4.78 is 5.45. The summed E-state index contributed by atoms with van der Waals surface area (Å²) in [5, 5.41) is 7.52. The SMILES string of the molecule is COc1cccc(N2C(=O)NC(=NC3CCCC3)C23CCCN(Cc2ccsc2)C3)c1. The normalized spacial score (nSPS) is 26.2. The van der Waals surface area contributed by atoms with E-state index in [1.54, 1.807) is 18.4 Å². The van der Waals surface area contributed by atoms with E-state index in [1.165, 1.54) is 18.4 Å². The van der Waals surface area contributed by atoms with E-state index in [4.69, 9.17) is 9.73 Å². The molecule has 3 aliphatic rings. The fourth-order valence-corrected chi connectivity index (χ4v) is 5.99. The summed E-state index contributed by atoms with van der Waals surface area (Å²) in [6.07, 6.45) is 6.64. The van der Waals surface area contributed by atoms with Crippen LogP contribution in [0.1, 0.15) is 44.1 Å². The van der Waals surface area contributed by atoms with Gasteiger partial charge in [-0.3, -0.25) is 20.1 Å². The maximum Gasteiger partial charge on any atom is 0.328 e. The number of amidine groups is 1. The van der Waals surface area contributed by atoms with Gasteiger partial charge < -0.3 is 4.74 Å². The molecule has 1 aromatic carbocycles. The molecule has 1 N–H and O–H groups in total. The molecular formula is C24H30N4O2S. The molecule has 1 unspecified atom stereocenters. The Bertz CT molecular complexity index is 954. The molecule has 3 heterocycles. The molecule has 1 aliphatic carbocycles. The van der Waals surface area contributed by atoms with Gasteiger partial charge in [0.2, 0.25) is 0 Å². The van der Waals surface area contributed by atoms with Crippen molar-refractivity contribution in [2.24, 2.45) is 4.99 Å². The predicted molar refractivity (Wildman–Crippen MR) is 125 cm³/mol. The average Bonchev–Trinajstić information content (AvgIpc) is 3.52. The van der Waals surface area contributed by atoms with Crippen molar-refractivity contribution in [1.29, 1.82) is 0 Å². The number of aliphatic imine (C=N–C) groups is 1. The molecule has 0 radical (unpaired) electrons.